The van der Waals surface area contributed by atoms with Crippen molar-refractivity contribution in [3.63, 3.8) is 0 Å². The highest BCUT2D eigenvalue weighted by Gasteiger charge is 2.17. The summed E-state index contributed by atoms with van der Waals surface area (Å²) in [4.78, 5) is 12.5. The first-order chi connectivity index (χ1) is 17.4. The quantitative estimate of drug-likeness (QED) is 0.205. The molecule has 5 N–H and O–H groups in total. The summed E-state index contributed by atoms with van der Waals surface area (Å²) in [7, 11) is -7.99. The fourth-order valence-corrected chi connectivity index (χ4v) is 5.01. The summed E-state index contributed by atoms with van der Waals surface area (Å²) in [6.45, 7) is 0. The Morgan fingerprint density at radius 1 is 0.784 bits per heavy atom. The molecule has 0 saturated carbocycles. The van der Waals surface area contributed by atoms with Gasteiger partial charge in [-0.15, -0.1) is 0 Å². The number of hydrogen-bond donors (Lipinski definition) is 4. The van der Waals surface area contributed by atoms with Gasteiger partial charge in [0.15, 0.2) is 0 Å². The van der Waals surface area contributed by atoms with E-state index in [4.69, 9.17) is 5.14 Å². The van der Waals surface area contributed by atoms with Crippen molar-refractivity contribution < 1.29 is 31.1 Å². The van der Waals surface area contributed by atoms with Crippen LogP contribution in [0, 0.1) is 5.82 Å². The molecular weight excluding hydrogens is 521 g/mol. The van der Waals surface area contributed by atoms with Crippen LogP contribution in [0.15, 0.2) is 101 Å². The number of nitrogens with two attached hydrogens (primary N) is 1. The predicted molar refractivity (Wildman–Crippen MR) is 137 cm³/mol. The molecule has 4 aromatic carbocycles. The highest BCUT2D eigenvalue weighted by atomic mass is 32.2. The Balaban J connectivity index is 1.51. The molecule has 0 aliphatic heterocycles. The van der Waals surface area contributed by atoms with Crippen LogP contribution < -0.4 is 15.2 Å². The summed E-state index contributed by atoms with van der Waals surface area (Å²) in [6, 6.07) is 20.4. The van der Waals surface area contributed by atoms with Crippen molar-refractivity contribution in [2.24, 2.45) is 5.14 Å². The Hall–Kier alpha value is -4.26. The number of carbonyl (C=O) groups is 1. The zero-order chi connectivity index (χ0) is 26.8. The van der Waals surface area contributed by atoms with Crippen LogP contribution in [0.3, 0.4) is 0 Å². The van der Waals surface area contributed by atoms with Gasteiger partial charge in [0.05, 0.1) is 15.5 Å². The molecule has 0 aliphatic carbocycles. The third-order valence-electron chi connectivity index (χ3n) is 5.27. The van der Waals surface area contributed by atoms with Gasteiger partial charge in [0.25, 0.3) is 15.9 Å². The lowest BCUT2D eigenvalue weighted by Crippen LogP contribution is -2.14. The fourth-order valence-electron chi connectivity index (χ4n) is 3.38. The van der Waals surface area contributed by atoms with E-state index in [9.17, 15) is 31.1 Å². The van der Waals surface area contributed by atoms with E-state index < -0.39 is 31.8 Å². The van der Waals surface area contributed by atoms with Crippen molar-refractivity contribution in [2.45, 2.75) is 9.79 Å². The van der Waals surface area contributed by atoms with Crippen LogP contribution in [0.5, 0.6) is 5.75 Å². The van der Waals surface area contributed by atoms with Crippen molar-refractivity contribution in [3.05, 3.63) is 102 Å². The zero-order valence-corrected chi connectivity index (χ0v) is 20.6. The maximum Gasteiger partial charge on any atom is 0.262 e. The molecule has 0 fully saturated rings. The second kappa shape index (κ2) is 10.0. The second-order valence-corrected chi connectivity index (χ2v) is 11.1. The second-order valence-electron chi connectivity index (χ2n) is 7.90. The molecule has 0 radical (unpaired) electrons. The highest BCUT2D eigenvalue weighted by Crippen LogP contribution is 2.30. The molecule has 9 nitrogen and oxygen atoms in total. The smallest absolute Gasteiger partial charge is 0.262 e. The number of amides is 1. The molecule has 1 amide bonds. The molecule has 4 aromatic rings. The van der Waals surface area contributed by atoms with Gasteiger partial charge in [-0.2, -0.15) is 0 Å². The van der Waals surface area contributed by atoms with E-state index in [1.54, 1.807) is 24.3 Å². The molecule has 12 heteroatoms. The van der Waals surface area contributed by atoms with Gasteiger partial charge in [-0.1, -0.05) is 24.3 Å². The van der Waals surface area contributed by atoms with Crippen LogP contribution in [0.2, 0.25) is 0 Å². The number of halogens is 1. The normalized spacial score (nSPS) is 11.6. The van der Waals surface area contributed by atoms with Crippen molar-refractivity contribution in [1.82, 2.24) is 0 Å². The molecule has 0 spiro atoms. The third-order valence-corrected chi connectivity index (χ3v) is 7.56. The number of sulfonamides is 2. The summed E-state index contributed by atoms with van der Waals surface area (Å²) in [5.74, 6) is -1.49. The standard InChI is InChI=1S/C25H20FN3O6S2/c26-19-8-11-21(12-9-19)37(34,35)29-23-15-20(10-13-24(23)30)28-25(31)17-6-4-16(5-7-17)18-2-1-3-22(14-18)36(27,32)33/h1-15,29-30H,(H,28,31)(H2,27,32,33). The number of carbonyl (C=O) groups excluding carboxylic acids is 1. The summed E-state index contributed by atoms with van der Waals surface area (Å²) in [6.07, 6.45) is 0. The highest BCUT2D eigenvalue weighted by molar-refractivity contribution is 7.92. The van der Waals surface area contributed by atoms with Gasteiger partial charge in [0.1, 0.15) is 11.6 Å². The largest absolute Gasteiger partial charge is 0.506 e. The third kappa shape index (κ3) is 6.12. The molecule has 0 aromatic heterocycles. The molecular formula is C25H20FN3O6S2. The van der Waals surface area contributed by atoms with E-state index in [2.05, 4.69) is 10.0 Å². The Labute approximate surface area is 212 Å². The summed E-state index contributed by atoms with van der Waals surface area (Å²) >= 11 is 0. The lowest BCUT2D eigenvalue weighted by molar-refractivity contribution is 0.102. The number of phenolic OH excluding ortho intramolecular Hbond substituents is 1. The van der Waals surface area contributed by atoms with E-state index >= 15 is 0 Å². The molecule has 0 atom stereocenters. The maximum absolute atomic E-state index is 13.1. The SMILES string of the molecule is NS(=O)(=O)c1cccc(-c2ccc(C(=O)Nc3ccc(O)c(NS(=O)(=O)c4ccc(F)cc4)c3)cc2)c1. The van der Waals surface area contributed by atoms with Crippen LogP contribution in [-0.4, -0.2) is 27.8 Å². The lowest BCUT2D eigenvalue weighted by Gasteiger charge is -2.12. The number of aromatic hydroxyl groups is 1. The monoisotopic (exact) mass is 541 g/mol. The predicted octanol–water partition coefficient (Wildman–Crippen LogP) is 3.90. The number of hydrogen-bond acceptors (Lipinski definition) is 6. The average molecular weight is 542 g/mol. The number of rotatable bonds is 7. The first-order valence-corrected chi connectivity index (χ1v) is 13.6. The van der Waals surface area contributed by atoms with Gasteiger partial charge in [-0.3, -0.25) is 9.52 Å². The van der Waals surface area contributed by atoms with Gasteiger partial charge in [0, 0.05) is 11.3 Å². The molecule has 0 heterocycles. The van der Waals surface area contributed by atoms with Gasteiger partial charge >= 0.3 is 0 Å². The molecule has 4 rings (SSSR count). The van der Waals surface area contributed by atoms with Crippen molar-refractivity contribution >= 4 is 37.3 Å². The number of primary sulfonamides is 1. The van der Waals surface area contributed by atoms with E-state index in [1.165, 1.54) is 42.5 Å². The first-order valence-electron chi connectivity index (χ1n) is 10.6. The minimum Gasteiger partial charge on any atom is -0.506 e. The molecule has 0 bridgehead atoms. The van der Waals surface area contributed by atoms with Gasteiger partial charge in [-0.25, -0.2) is 26.4 Å². The zero-order valence-electron chi connectivity index (χ0n) is 18.9. The van der Waals surface area contributed by atoms with Crippen molar-refractivity contribution in [1.29, 1.82) is 0 Å². The Kier molecular flexibility index (Phi) is 6.99. The first kappa shape index (κ1) is 25.8. The topological polar surface area (TPSA) is 156 Å². The van der Waals surface area contributed by atoms with E-state index in [1.807, 2.05) is 0 Å². The summed E-state index contributed by atoms with van der Waals surface area (Å²) in [5.41, 5.74) is 1.53. The van der Waals surface area contributed by atoms with Crippen LogP contribution in [0.25, 0.3) is 11.1 Å². The number of phenols is 1. The maximum atomic E-state index is 13.1. The molecule has 190 valence electrons. The minimum absolute atomic E-state index is 0.0370. The molecule has 37 heavy (non-hydrogen) atoms. The summed E-state index contributed by atoms with van der Waals surface area (Å²) < 4.78 is 63.7. The van der Waals surface area contributed by atoms with E-state index in [-0.39, 0.29) is 32.5 Å². The molecule has 0 unspecified atom stereocenters. The summed E-state index contributed by atoms with van der Waals surface area (Å²) in [5, 5.41) is 17.9. The van der Waals surface area contributed by atoms with Crippen molar-refractivity contribution in [2.75, 3.05) is 10.0 Å². The number of nitrogens with one attached hydrogen (secondary N) is 2. The minimum atomic E-state index is -4.13. The average Bonchev–Trinajstić information content (AvgIpc) is 2.86. The Bertz CT molecular complexity index is 1690. The Morgan fingerprint density at radius 3 is 2.11 bits per heavy atom. The fraction of sp³-hybridized carbons (Fsp3) is 0. The lowest BCUT2D eigenvalue weighted by atomic mass is 10.0. The van der Waals surface area contributed by atoms with Crippen LogP contribution in [-0.2, 0) is 20.0 Å². The van der Waals surface area contributed by atoms with Crippen LogP contribution >= 0.6 is 0 Å². The van der Waals surface area contributed by atoms with Gasteiger partial charge < -0.3 is 10.4 Å². The van der Waals surface area contributed by atoms with Crippen molar-refractivity contribution in [3.8, 4) is 16.9 Å². The molecule has 0 aliphatic rings. The van der Waals surface area contributed by atoms with Crippen LogP contribution in [0.1, 0.15) is 10.4 Å². The molecule has 0 saturated heterocycles. The number of benzene rings is 4. The number of anilines is 2. The van der Waals surface area contributed by atoms with Crippen LogP contribution in [0.4, 0.5) is 15.8 Å². The van der Waals surface area contributed by atoms with Gasteiger partial charge in [0.2, 0.25) is 10.0 Å². The van der Waals surface area contributed by atoms with Gasteiger partial charge in [-0.05, 0) is 77.9 Å². The van der Waals surface area contributed by atoms with E-state index in [0.29, 0.717) is 11.1 Å². The van der Waals surface area contributed by atoms with E-state index in [0.717, 1.165) is 24.3 Å². The Morgan fingerprint density at radius 2 is 1.46 bits per heavy atom.